The fourth-order valence-electron chi connectivity index (χ4n) is 2.53. The SMILES string of the molecule is COCCN(c1nc(Cl)nc2nc[nH]c12)C(C)C1CC1. The van der Waals surface area contributed by atoms with Crippen LogP contribution in [-0.2, 0) is 4.74 Å². The maximum absolute atomic E-state index is 6.02. The second-order valence-corrected chi connectivity index (χ2v) is 5.52. The van der Waals surface area contributed by atoms with Crippen molar-refractivity contribution >= 4 is 28.6 Å². The van der Waals surface area contributed by atoms with Gasteiger partial charge >= 0.3 is 0 Å². The predicted octanol–water partition coefficient (Wildman–Crippen LogP) is 2.26. The van der Waals surface area contributed by atoms with Gasteiger partial charge in [-0.25, -0.2) is 4.98 Å². The molecule has 108 valence electrons. The molecule has 0 aliphatic heterocycles. The first-order valence-corrected chi connectivity index (χ1v) is 7.20. The van der Waals surface area contributed by atoms with E-state index in [1.165, 1.54) is 12.8 Å². The number of hydrogen-bond acceptors (Lipinski definition) is 5. The molecule has 0 spiro atoms. The molecule has 2 aromatic rings. The highest BCUT2D eigenvalue weighted by molar-refractivity contribution is 6.28. The highest BCUT2D eigenvalue weighted by Gasteiger charge is 2.33. The van der Waals surface area contributed by atoms with E-state index >= 15 is 0 Å². The van der Waals surface area contributed by atoms with Crippen molar-refractivity contribution in [2.75, 3.05) is 25.2 Å². The van der Waals surface area contributed by atoms with Gasteiger partial charge in [0.2, 0.25) is 5.28 Å². The van der Waals surface area contributed by atoms with Crippen LogP contribution in [0.25, 0.3) is 11.2 Å². The molecule has 0 amide bonds. The van der Waals surface area contributed by atoms with E-state index < -0.39 is 0 Å². The van der Waals surface area contributed by atoms with E-state index in [0.717, 1.165) is 23.8 Å². The lowest BCUT2D eigenvalue weighted by Gasteiger charge is -2.30. The van der Waals surface area contributed by atoms with Crippen molar-refractivity contribution in [1.82, 2.24) is 19.9 Å². The molecule has 1 aliphatic rings. The van der Waals surface area contributed by atoms with Crippen LogP contribution in [0, 0.1) is 5.92 Å². The van der Waals surface area contributed by atoms with Crippen LogP contribution in [0.3, 0.4) is 0 Å². The first-order valence-electron chi connectivity index (χ1n) is 6.83. The summed E-state index contributed by atoms with van der Waals surface area (Å²) < 4.78 is 5.22. The number of halogens is 1. The van der Waals surface area contributed by atoms with Crippen molar-refractivity contribution < 1.29 is 4.74 Å². The van der Waals surface area contributed by atoms with E-state index in [0.29, 0.717) is 18.3 Å². The van der Waals surface area contributed by atoms with Gasteiger partial charge in [0.1, 0.15) is 5.52 Å². The number of nitrogens with zero attached hydrogens (tertiary/aromatic N) is 4. The van der Waals surface area contributed by atoms with Gasteiger partial charge in [-0.15, -0.1) is 0 Å². The lowest BCUT2D eigenvalue weighted by Crippen LogP contribution is -2.38. The van der Waals surface area contributed by atoms with Gasteiger partial charge in [0.15, 0.2) is 11.5 Å². The lowest BCUT2D eigenvalue weighted by molar-refractivity contribution is 0.202. The van der Waals surface area contributed by atoms with E-state index in [-0.39, 0.29) is 5.28 Å². The minimum absolute atomic E-state index is 0.227. The number of anilines is 1. The smallest absolute Gasteiger partial charge is 0.226 e. The van der Waals surface area contributed by atoms with Crippen molar-refractivity contribution in [3.05, 3.63) is 11.6 Å². The molecule has 3 rings (SSSR count). The van der Waals surface area contributed by atoms with Crippen molar-refractivity contribution in [2.45, 2.75) is 25.8 Å². The number of H-pyrrole nitrogens is 1. The molecule has 1 saturated carbocycles. The number of aromatic amines is 1. The van der Waals surface area contributed by atoms with Crippen LogP contribution in [-0.4, -0.2) is 46.2 Å². The summed E-state index contributed by atoms with van der Waals surface area (Å²) in [5.74, 6) is 1.53. The molecule has 0 aromatic carbocycles. The Kier molecular flexibility index (Phi) is 3.76. The third kappa shape index (κ3) is 2.58. The number of hydrogen-bond donors (Lipinski definition) is 1. The third-order valence-corrected chi connectivity index (χ3v) is 4.01. The number of rotatable bonds is 6. The summed E-state index contributed by atoms with van der Waals surface area (Å²) in [5.41, 5.74) is 1.43. The number of nitrogens with one attached hydrogen (secondary N) is 1. The first-order chi connectivity index (χ1) is 9.70. The Hall–Kier alpha value is -1.40. The van der Waals surface area contributed by atoms with Gasteiger partial charge in [-0.05, 0) is 37.3 Å². The molecule has 0 radical (unpaired) electrons. The third-order valence-electron chi connectivity index (χ3n) is 3.84. The number of fused-ring (bicyclic) bond motifs is 1. The molecular formula is C13H18ClN5O. The zero-order valence-electron chi connectivity index (χ0n) is 11.6. The van der Waals surface area contributed by atoms with E-state index in [1.54, 1.807) is 13.4 Å². The normalized spacial score (nSPS) is 16.6. The van der Waals surface area contributed by atoms with Crippen LogP contribution >= 0.6 is 11.6 Å². The molecule has 20 heavy (non-hydrogen) atoms. The van der Waals surface area contributed by atoms with Crippen LogP contribution in [0.4, 0.5) is 5.82 Å². The maximum Gasteiger partial charge on any atom is 0.226 e. The van der Waals surface area contributed by atoms with Crippen LogP contribution in [0.15, 0.2) is 6.33 Å². The zero-order chi connectivity index (χ0) is 14.1. The molecule has 6 nitrogen and oxygen atoms in total. The molecule has 1 N–H and O–H groups in total. The van der Waals surface area contributed by atoms with Crippen LogP contribution < -0.4 is 4.90 Å². The Morgan fingerprint density at radius 3 is 3.00 bits per heavy atom. The molecule has 1 aliphatic carbocycles. The van der Waals surface area contributed by atoms with Gasteiger partial charge < -0.3 is 14.6 Å². The van der Waals surface area contributed by atoms with Crippen molar-refractivity contribution in [2.24, 2.45) is 5.92 Å². The number of imidazole rings is 1. The van der Waals surface area contributed by atoms with Gasteiger partial charge in [0.05, 0.1) is 12.9 Å². The van der Waals surface area contributed by atoms with E-state index in [2.05, 4.69) is 31.8 Å². The minimum Gasteiger partial charge on any atom is -0.383 e. The quantitative estimate of drug-likeness (QED) is 0.828. The standard InChI is InChI=1S/C13H18ClN5O/c1-8(9-3-4-9)19(5-6-20-2)12-10-11(16-7-15-10)17-13(14)18-12/h7-9H,3-6H2,1-2H3,(H,15,16,17,18). The number of methoxy groups -OCH3 is 1. The first kappa shape index (κ1) is 13.6. The van der Waals surface area contributed by atoms with Crippen molar-refractivity contribution in [3.63, 3.8) is 0 Å². The molecule has 7 heteroatoms. The summed E-state index contributed by atoms with van der Waals surface area (Å²) in [6.07, 6.45) is 4.17. The van der Waals surface area contributed by atoms with Crippen molar-refractivity contribution in [1.29, 1.82) is 0 Å². The van der Waals surface area contributed by atoms with Gasteiger partial charge in [-0.1, -0.05) is 0 Å². The summed E-state index contributed by atoms with van der Waals surface area (Å²) in [6.45, 7) is 3.65. The predicted molar refractivity (Wildman–Crippen MR) is 78.1 cm³/mol. The summed E-state index contributed by atoms with van der Waals surface area (Å²) in [7, 11) is 1.71. The maximum atomic E-state index is 6.02. The topological polar surface area (TPSA) is 66.9 Å². The van der Waals surface area contributed by atoms with Gasteiger partial charge in [0.25, 0.3) is 0 Å². The van der Waals surface area contributed by atoms with Gasteiger partial charge in [-0.3, -0.25) is 0 Å². The minimum atomic E-state index is 0.227. The molecule has 1 atom stereocenters. The fraction of sp³-hybridized carbons (Fsp3) is 0.615. The molecule has 0 saturated heterocycles. The molecule has 2 aromatic heterocycles. The fourth-order valence-corrected chi connectivity index (χ4v) is 2.69. The number of ether oxygens (including phenoxy) is 1. The van der Waals surface area contributed by atoms with Gasteiger partial charge in [0, 0.05) is 19.7 Å². The average molecular weight is 296 g/mol. The van der Waals surface area contributed by atoms with E-state index in [9.17, 15) is 0 Å². The summed E-state index contributed by atoms with van der Waals surface area (Å²) in [6, 6.07) is 0.405. The molecule has 1 unspecified atom stereocenters. The Labute approximate surface area is 122 Å². The highest BCUT2D eigenvalue weighted by Crippen LogP contribution is 2.37. The van der Waals surface area contributed by atoms with Crippen molar-refractivity contribution in [3.8, 4) is 0 Å². The summed E-state index contributed by atoms with van der Waals surface area (Å²) >= 11 is 6.02. The molecule has 2 heterocycles. The van der Waals surface area contributed by atoms with Crippen LogP contribution in [0.2, 0.25) is 5.28 Å². The number of aromatic nitrogens is 4. The lowest BCUT2D eigenvalue weighted by atomic mass is 10.2. The van der Waals surface area contributed by atoms with Gasteiger partial charge in [-0.2, -0.15) is 9.97 Å². The molecular weight excluding hydrogens is 278 g/mol. The second-order valence-electron chi connectivity index (χ2n) is 5.18. The van der Waals surface area contributed by atoms with Crippen LogP contribution in [0.1, 0.15) is 19.8 Å². The van der Waals surface area contributed by atoms with Crippen LogP contribution in [0.5, 0.6) is 0 Å². The monoisotopic (exact) mass is 295 g/mol. The summed E-state index contributed by atoms with van der Waals surface area (Å²) in [4.78, 5) is 18.1. The Morgan fingerprint density at radius 2 is 2.30 bits per heavy atom. The average Bonchev–Trinajstić information content (AvgIpc) is 3.17. The highest BCUT2D eigenvalue weighted by atomic mass is 35.5. The summed E-state index contributed by atoms with van der Waals surface area (Å²) in [5, 5.41) is 0.227. The zero-order valence-corrected chi connectivity index (χ0v) is 12.4. The van der Waals surface area contributed by atoms with E-state index in [1.807, 2.05) is 0 Å². The largest absolute Gasteiger partial charge is 0.383 e. The second kappa shape index (κ2) is 5.54. The Morgan fingerprint density at radius 1 is 1.50 bits per heavy atom. The Balaban J connectivity index is 2.00. The van der Waals surface area contributed by atoms with E-state index in [4.69, 9.17) is 16.3 Å². The molecule has 1 fully saturated rings. The Bertz CT molecular complexity index is 597. The molecule has 0 bridgehead atoms.